The molecule has 0 heterocycles. The van der Waals surface area contributed by atoms with Gasteiger partial charge in [-0.25, -0.2) is 27.7 Å². The molecule has 0 aliphatic rings. The molecule has 0 unspecified atom stereocenters. The number of hydrazone groups is 2. The van der Waals surface area contributed by atoms with Crippen LogP contribution in [0.25, 0.3) is 0 Å². The summed E-state index contributed by atoms with van der Waals surface area (Å²) in [5.41, 5.74) is 8.46. The predicted molar refractivity (Wildman–Crippen MR) is 204 cm³/mol. The van der Waals surface area contributed by atoms with Gasteiger partial charge in [0.2, 0.25) is 20.0 Å². The van der Waals surface area contributed by atoms with Gasteiger partial charge in [-0.15, -0.1) is 0 Å². The standard InChI is InChI=1S/C38H36N6O6S2/c1-51(47,48)43(27-31-13-5-3-6-14-31)35-19-11-9-17-33(35)37(45)41-39-25-29-21-23-30(24-22-29)26-40-42-38(46)34-18-10-12-20-36(34)44(52(2,49)50)28-32-15-7-4-8-16-32/h3-26H,27-28H2,1-2H3,(H,41,45)(H,42,46)/b39-25-,40-26-. The van der Waals surface area contributed by atoms with Crippen LogP contribution in [0, 0.1) is 0 Å². The number of amides is 2. The van der Waals surface area contributed by atoms with Crippen molar-refractivity contribution in [1.29, 1.82) is 0 Å². The van der Waals surface area contributed by atoms with Gasteiger partial charge in [0.25, 0.3) is 11.8 Å². The maximum absolute atomic E-state index is 13.1. The third kappa shape index (κ3) is 9.99. The second-order valence-corrected chi connectivity index (χ2v) is 15.4. The van der Waals surface area contributed by atoms with Gasteiger partial charge in [-0.2, -0.15) is 10.2 Å². The van der Waals surface area contributed by atoms with E-state index in [4.69, 9.17) is 0 Å². The number of para-hydroxylation sites is 2. The highest BCUT2D eigenvalue weighted by atomic mass is 32.2. The van der Waals surface area contributed by atoms with Gasteiger partial charge in [-0.05, 0) is 46.5 Å². The van der Waals surface area contributed by atoms with Gasteiger partial charge in [-0.3, -0.25) is 18.2 Å². The molecule has 0 atom stereocenters. The summed E-state index contributed by atoms with van der Waals surface area (Å²) >= 11 is 0. The average Bonchev–Trinajstić information content (AvgIpc) is 3.13. The number of nitrogens with one attached hydrogen (secondary N) is 2. The number of carbonyl (C=O) groups is 2. The third-order valence-electron chi connectivity index (χ3n) is 7.67. The summed E-state index contributed by atoms with van der Waals surface area (Å²) in [7, 11) is -7.46. The predicted octanol–water partition coefficient (Wildman–Crippen LogP) is 5.15. The Morgan fingerprint density at radius 2 is 0.846 bits per heavy atom. The Kier molecular flexibility index (Phi) is 11.9. The van der Waals surface area contributed by atoms with Crippen molar-refractivity contribution in [3.05, 3.63) is 167 Å². The molecule has 0 bridgehead atoms. The Morgan fingerprint density at radius 1 is 0.519 bits per heavy atom. The molecule has 5 aromatic rings. The SMILES string of the molecule is CS(=O)(=O)N(Cc1ccccc1)c1ccccc1C(=O)N/N=C\c1ccc(/C=N\NC(=O)c2ccccc2N(Cc2ccccc2)S(C)(=O)=O)cc1. The summed E-state index contributed by atoms with van der Waals surface area (Å²) in [6.45, 7) is 0.104. The Hall–Kier alpha value is -6.12. The van der Waals surface area contributed by atoms with Gasteiger partial charge in [0, 0.05) is 0 Å². The number of sulfonamides is 2. The highest BCUT2D eigenvalue weighted by Gasteiger charge is 2.24. The zero-order valence-electron chi connectivity index (χ0n) is 28.3. The van der Waals surface area contributed by atoms with Gasteiger partial charge < -0.3 is 0 Å². The first-order valence-corrected chi connectivity index (χ1v) is 19.6. The van der Waals surface area contributed by atoms with Crippen molar-refractivity contribution in [3.8, 4) is 0 Å². The highest BCUT2D eigenvalue weighted by molar-refractivity contribution is 7.92. The molecule has 0 saturated carbocycles. The van der Waals surface area contributed by atoms with E-state index in [-0.39, 0.29) is 35.6 Å². The van der Waals surface area contributed by atoms with E-state index in [0.717, 1.165) is 23.6 Å². The van der Waals surface area contributed by atoms with Gasteiger partial charge >= 0.3 is 0 Å². The number of benzene rings is 5. The molecule has 5 aromatic carbocycles. The summed E-state index contributed by atoms with van der Waals surface area (Å²) in [6.07, 6.45) is 5.04. The van der Waals surface area contributed by atoms with Gasteiger partial charge in [0.05, 0.1) is 60.5 Å². The van der Waals surface area contributed by atoms with Crippen LogP contribution in [0.3, 0.4) is 0 Å². The molecule has 0 aliphatic heterocycles. The van der Waals surface area contributed by atoms with E-state index in [2.05, 4.69) is 21.1 Å². The first kappa shape index (κ1) is 37.1. The lowest BCUT2D eigenvalue weighted by Crippen LogP contribution is -2.32. The number of rotatable bonds is 14. The van der Waals surface area contributed by atoms with E-state index in [0.29, 0.717) is 11.1 Å². The lowest BCUT2D eigenvalue weighted by atomic mass is 10.1. The quantitative estimate of drug-likeness (QED) is 0.119. The summed E-state index contributed by atoms with van der Waals surface area (Å²) < 4.78 is 53.3. The minimum atomic E-state index is -3.73. The van der Waals surface area contributed by atoms with Crippen molar-refractivity contribution in [3.63, 3.8) is 0 Å². The molecule has 0 aliphatic carbocycles. The van der Waals surface area contributed by atoms with Crippen molar-refractivity contribution >= 4 is 55.7 Å². The molecule has 0 fully saturated rings. The monoisotopic (exact) mass is 736 g/mol. The Bertz CT molecular complexity index is 2140. The zero-order chi connectivity index (χ0) is 37.1. The Balaban J connectivity index is 1.22. The number of hydrogen-bond acceptors (Lipinski definition) is 8. The van der Waals surface area contributed by atoms with Crippen LogP contribution in [0.2, 0.25) is 0 Å². The van der Waals surface area contributed by atoms with Crippen LogP contribution in [-0.2, 0) is 33.1 Å². The Labute approximate surface area is 303 Å². The summed E-state index contributed by atoms with van der Waals surface area (Å²) in [5, 5.41) is 8.10. The van der Waals surface area contributed by atoms with Gasteiger partial charge in [0.1, 0.15) is 0 Å². The highest BCUT2D eigenvalue weighted by Crippen LogP contribution is 2.26. The lowest BCUT2D eigenvalue weighted by molar-refractivity contribution is 0.0947. The number of hydrogen-bond donors (Lipinski definition) is 2. The minimum absolute atomic E-state index is 0.0520. The first-order chi connectivity index (χ1) is 24.9. The molecule has 52 heavy (non-hydrogen) atoms. The van der Waals surface area contributed by atoms with Crippen LogP contribution in [-0.4, -0.2) is 53.6 Å². The lowest BCUT2D eigenvalue weighted by Gasteiger charge is -2.24. The molecule has 266 valence electrons. The van der Waals surface area contributed by atoms with Gasteiger partial charge in [0.15, 0.2) is 0 Å². The van der Waals surface area contributed by atoms with Crippen LogP contribution in [0.1, 0.15) is 43.0 Å². The number of nitrogens with zero attached hydrogens (tertiary/aromatic N) is 4. The summed E-state index contributed by atoms with van der Waals surface area (Å²) in [4.78, 5) is 26.3. The molecule has 0 aromatic heterocycles. The van der Waals surface area contributed by atoms with Crippen molar-refractivity contribution in [2.45, 2.75) is 13.1 Å². The van der Waals surface area contributed by atoms with E-state index < -0.39 is 31.9 Å². The maximum Gasteiger partial charge on any atom is 0.273 e. The fourth-order valence-corrected chi connectivity index (χ4v) is 6.95. The average molecular weight is 737 g/mol. The van der Waals surface area contributed by atoms with E-state index in [9.17, 15) is 26.4 Å². The van der Waals surface area contributed by atoms with Crippen LogP contribution >= 0.6 is 0 Å². The second-order valence-electron chi connectivity index (χ2n) is 11.6. The third-order valence-corrected chi connectivity index (χ3v) is 9.92. The zero-order valence-corrected chi connectivity index (χ0v) is 30.0. The van der Waals surface area contributed by atoms with Crippen LogP contribution in [0.5, 0.6) is 0 Å². The number of anilines is 2. The van der Waals surface area contributed by atoms with E-state index >= 15 is 0 Å². The molecular formula is C38H36N6O6S2. The van der Waals surface area contributed by atoms with Crippen LogP contribution < -0.4 is 19.5 Å². The fourth-order valence-electron chi connectivity index (χ4n) is 5.15. The van der Waals surface area contributed by atoms with Crippen molar-refractivity contribution in [1.82, 2.24) is 10.9 Å². The maximum atomic E-state index is 13.1. The van der Waals surface area contributed by atoms with Crippen LogP contribution in [0.4, 0.5) is 11.4 Å². The fraction of sp³-hybridized carbons (Fsp3) is 0.105. The molecule has 0 spiro atoms. The number of carbonyl (C=O) groups excluding carboxylic acids is 2. The molecule has 12 nitrogen and oxygen atoms in total. The van der Waals surface area contributed by atoms with E-state index in [1.165, 1.54) is 33.2 Å². The second kappa shape index (κ2) is 16.7. The first-order valence-electron chi connectivity index (χ1n) is 15.9. The topological polar surface area (TPSA) is 158 Å². The summed E-state index contributed by atoms with van der Waals surface area (Å²) in [5.74, 6) is -1.18. The van der Waals surface area contributed by atoms with Gasteiger partial charge in [-0.1, -0.05) is 109 Å². The van der Waals surface area contributed by atoms with Crippen molar-refractivity contribution in [2.75, 3.05) is 21.1 Å². The molecule has 0 radical (unpaired) electrons. The smallest absolute Gasteiger partial charge is 0.267 e. The molecule has 5 rings (SSSR count). The van der Waals surface area contributed by atoms with Crippen molar-refractivity contribution < 1.29 is 26.4 Å². The summed E-state index contributed by atoms with van der Waals surface area (Å²) in [6, 6.07) is 37.9. The van der Waals surface area contributed by atoms with Crippen LogP contribution in [0.15, 0.2) is 144 Å². The normalized spacial score (nSPS) is 11.7. The molecule has 14 heteroatoms. The molecule has 2 amide bonds. The van der Waals surface area contributed by atoms with Crippen molar-refractivity contribution in [2.24, 2.45) is 10.2 Å². The molecule has 2 N–H and O–H groups in total. The van der Waals surface area contributed by atoms with E-state index in [1.54, 1.807) is 60.7 Å². The largest absolute Gasteiger partial charge is 0.273 e. The van der Waals surface area contributed by atoms with E-state index in [1.807, 2.05) is 60.7 Å². The Morgan fingerprint density at radius 3 is 1.19 bits per heavy atom. The minimum Gasteiger partial charge on any atom is -0.267 e. The molecular weight excluding hydrogens is 701 g/mol. The molecule has 0 saturated heterocycles.